The molecule has 27 heavy (non-hydrogen) atoms. The highest BCUT2D eigenvalue weighted by atomic mass is 16.5. The zero-order valence-electron chi connectivity index (χ0n) is 15.2. The number of hydrogen-bond acceptors (Lipinski definition) is 3. The van der Waals surface area contributed by atoms with Crippen LogP contribution in [0.4, 0.5) is 4.79 Å². The van der Waals surface area contributed by atoms with E-state index in [2.05, 4.69) is 24.0 Å². The van der Waals surface area contributed by atoms with Crippen LogP contribution in [0, 0.1) is 5.92 Å². The van der Waals surface area contributed by atoms with E-state index in [-0.39, 0.29) is 24.9 Å². The third-order valence-corrected chi connectivity index (χ3v) is 4.94. The van der Waals surface area contributed by atoms with E-state index in [4.69, 9.17) is 4.74 Å². The van der Waals surface area contributed by atoms with Crippen molar-refractivity contribution < 1.29 is 19.4 Å². The Morgan fingerprint density at radius 3 is 2.22 bits per heavy atom. The molecule has 0 saturated heterocycles. The molecule has 5 nitrogen and oxygen atoms in total. The highest BCUT2D eigenvalue weighted by Gasteiger charge is 2.29. The quantitative estimate of drug-likeness (QED) is 0.722. The summed E-state index contributed by atoms with van der Waals surface area (Å²) in [6, 6.07) is 15.1. The van der Waals surface area contributed by atoms with Crippen LogP contribution < -0.4 is 5.32 Å². The topological polar surface area (TPSA) is 75.6 Å². The van der Waals surface area contributed by atoms with Crippen molar-refractivity contribution in [2.75, 3.05) is 6.61 Å². The van der Waals surface area contributed by atoms with Gasteiger partial charge in [0.1, 0.15) is 12.6 Å². The van der Waals surface area contributed by atoms with E-state index >= 15 is 0 Å². The molecule has 0 spiro atoms. The largest absolute Gasteiger partial charge is 0.480 e. The minimum atomic E-state index is -1.09. The van der Waals surface area contributed by atoms with Crippen LogP contribution in [0.25, 0.3) is 11.1 Å². The predicted octanol–water partition coefficient (Wildman–Crippen LogP) is 4.19. The number of amides is 1. The number of hydrogen-bond donors (Lipinski definition) is 2. The van der Waals surface area contributed by atoms with Gasteiger partial charge >= 0.3 is 12.1 Å². The van der Waals surface area contributed by atoms with Crippen LogP contribution in [0.3, 0.4) is 0 Å². The molecule has 0 heterocycles. The lowest BCUT2D eigenvalue weighted by molar-refractivity contribution is -0.139. The highest BCUT2D eigenvalue weighted by Crippen LogP contribution is 2.44. The van der Waals surface area contributed by atoms with Gasteiger partial charge in [-0.3, -0.25) is 0 Å². The van der Waals surface area contributed by atoms with Crippen molar-refractivity contribution in [1.29, 1.82) is 0 Å². The lowest BCUT2D eigenvalue weighted by Gasteiger charge is -2.18. The third kappa shape index (κ3) is 4.03. The van der Waals surface area contributed by atoms with E-state index in [1.54, 1.807) is 6.08 Å². The average molecular weight is 365 g/mol. The van der Waals surface area contributed by atoms with E-state index in [1.807, 2.05) is 43.3 Å². The summed E-state index contributed by atoms with van der Waals surface area (Å²) >= 11 is 0. The fourth-order valence-electron chi connectivity index (χ4n) is 3.47. The van der Waals surface area contributed by atoms with Gasteiger partial charge in [0, 0.05) is 5.92 Å². The summed E-state index contributed by atoms with van der Waals surface area (Å²) in [5.74, 6) is -1.17. The SMILES string of the molecule is C=C[C@@H](C)C[C@H](NC(=O)OCC1c2ccccc2-c2ccccc21)C(=O)O. The van der Waals surface area contributed by atoms with Crippen LogP contribution >= 0.6 is 0 Å². The number of carboxylic acids is 1. The molecular weight excluding hydrogens is 342 g/mol. The molecule has 2 N–H and O–H groups in total. The maximum Gasteiger partial charge on any atom is 0.407 e. The Kier molecular flexibility index (Phi) is 5.60. The van der Waals surface area contributed by atoms with E-state index in [1.165, 1.54) is 0 Å². The predicted molar refractivity (Wildman–Crippen MR) is 104 cm³/mol. The lowest BCUT2D eigenvalue weighted by atomic mass is 9.98. The minimum Gasteiger partial charge on any atom is -0.480 e. The lowest BCUT2D eigenvalue weighted by Crippen LogP contribution is -2.42. The molecule has 0 unspecified atom stereocenters. The number of ether oxygens (including phenoxy) is 1. The average Bonchev–Trinajstić information content (AvgIpc) is 2.99. The fourth-order valence-corrected chi connectivity index (χ4v) is 3.47. The molecule has 2 atom stereocenters. The molecule has 0 fully saturated rings. The molecule has 5 heteroatoms. The number of carbonyl (C=O) groups is 2. The Labute approximate surface area is 158 Å². The molecular formula is C22H23NO4. The van der Waals surface area contributed by atoms with E-state index in [0.29, 0.717) is 0 Å². The van der Waals surface area contributed by atoms with Gasteiger partial charge in [0.2, 0.25) is 0 Å². The number of alkyl carbamates (subject to hydrolysis) is 1. The summed E-state index contributed by atoms with van der Waals surface area (Å²) in [6.07, 6.45) is 1.21. The van der Waals surface area contributed by atoms with Gasteiger partial charge in [0.25, 0.3) is 0 Å². The van der Waals surface area contributed by atoms with Gasteiger partial charge in [-0.2, -0.15) is 0 Å². The number of aliphatic carboxylic acids is 1. The number of allylic oxidation sites excluding steroid dienone is 1. The molecule has 0 radical (unpaired) electrons. The Morgan fingerprint density at radius 1 is 1.15 bits per heavy atom. The zero-order valence-corrected chi connectivity index (χ0v) is 15.2. The van der Waals surface area contributed by atoms with Crippen LogP contribution in [0.1, 0.15) is 30.4 Å². The normalized spacial score (nSPS) is 14.6. The number of carboxylic acid groups (broad SMARTS) is 1. The first-order chi connectivity index (χ1) is 13.0. The standard InChI is InChI=1S/C22H23NO4/c1-3-14(2)12-20(21(24)25)23-22(26)27-13-19-17-10-6-4-8-15(17)16-9-5-7-11-18(16)19/h3-11,14,19-20H,1,12-13H2,2H3,(H,23,26)(H,24,25)/t14-,20+/m1/s1. The maximum atomic E-state index is 12.2. The van der Waals surface area contributed by atoms with E-state index < -0.39 is 18.1 Å². The summed E-state index contributed by atoms with van der Waals surface area (Å²) in [5, 5.41) is 11.7. The molecule has 0 saturated carbocycles. The van der Waals surface area contributed by atoms with Crippen LogP contribution in [-0.2, 0) is 9.53 Å². The van der Waals surface area contributed by atoms with Crippen LogP contribution in [-0.4, -0.2) is 29.8 Å². The van der Waals surface area contributed by atoms with Gasteiger partial charge < -0.3 is 15.2 Å². The summed E-state index contributed by atoms with van der Waals surface area (Å²) in [6.45, 7) is 5.65. The molecule has 1 aliphatic carbocycles. The highest BCUT2D eigenvalue weighted by molar-refractivity contribution is 5.81. The van der Waals surface area contributed by atoms with Gasteiger partial charge in [0.15, 0.2) is 0 Å². The number of benzene rings is 2. The molecule has 1 aliphatic rings. The Balaban J connectivity index is 1.68. The second-order valence-electron chi connectivity index (χ2n) is 6.81. The number of fused-ring (bicyclic) bond motifs is 3. The molecule has 0 bridgehead atoms. The summed E-state index contributed by atoms with van der Waals surface area (Å²) in [7, 11) is 0. The first-order valence-electron chi connectivity index (χ1n) is 8.98. The Morgan fingerprint density at radius 2 is 1.70 bits per heavy atom. The van der Waals surface area contributed by atoms with Gasteiger partial charge in [-0.1, -0.05) is 61.5 Å². The van der Waals surface area contributed by atoms with Crippen molar-refractivity contribution in [3.05, 3.63) is 72.3 Å². The maximum absolute atomic E-state index is 12.2. The molecule has 0 aromatic heterocycles. The van der Waals surface area contributed by atoms with Crippen molar-refractivity contribution in [3.63, 3.8) is 0 Å². The number of rotatable bonds is 7. The van der Waals surface area contributed by atoms with Crippen LogP contribution in [0.5, 0.6) is 0 Å². The van der Waals surface area contributed by atoms with Crippen molar-refractivity contribution in [2.24, 2.45) is 5.92 Å². The van der Waals surface area contributed by atoms with Gasteiger partial charge in [0.05, 0.1) is 0 Å². The van der Waals surface area contributed by atoms with E-state index in [9.17, 15) is 14.7 Å². The minimum absolute atomic E-state index is 0.0278. The molecule has 0 aliphatic heterocycles. The third-order valence-electron chi connectivity index (χ3n) is 4.94. The molecule has 140 valence electrons. The second-order valence-corrected chi connectivity index (χ2v) is 6.81. The van der Waals surface area contributed by atoms with Crippen LogP contribution in [0.15, 0.2) is 61.2 Å². The summed E-state index contributed by atoms with van der Waals surface area (Å²) < 4.78 is 5.40. The number of carbonyl (C=O) groups excluding carboxylic acids is 1. The monoisotopic (exact) mass is 365 g/mol. The summed E-state index contributed by atoms with van der Waals surface area (Å²) in [5.41, 5.74) is 4.51. The van der Waals surface area contributed by atoms with Gasteiger partial charge in [-0.15, -0.1) is 6.58 Å². The van der Waals surface area contributed by atoms with Crippen molar-refractivity contribution in [3.8, 4) is 11.1 Å². The second kappa shape index (κ2) is 8.08. The van der Waals surface area contributed by atoms with Crippen molar-refractivity contribution >= 4 is 12.1 Å². The Bertz CT molecular complexity index is 815. The molecule has 2 aromatic rings. The Hall–Kier alpha value is -3.08. The van der Waals surface area contributed by atoms with Gasteiger partial charge in [-0.25, -0.2) is 9.59 Å². The van der Waals surface area contributed by atoms with E-state index in [0.717, 1.165) is 22.3 Å². The fraction of sp³-hybridized carbons (Fsp3) is 0.273. The smallest absolute Gasteiger partial charge is 0.407 e. The van der Waals surface area contributed by atoms with Crippen molar-refractivity contribution in [2.45, 2.75) is 25.3 Å². The first kappa shape index (κ1) is 18.7. The molecule has 1 amide bonds. The first-order valence-corrected chi connectivity index (χ1v) is 8.98. The number of nitrogens with one attached hydrogen (secondary N) is 1. The summed E-state index contributed by atoms with van der Waals surface area (Å²) in [4.78, 5) is 23.6. The van der Waals surface area contributed by atoms with Gasteiger partial charge in [-0.05, 0) is 34.6 Å². The molecule has 3 rings (SSSR count). The zero-order chi connectivity index (χ0) is 19.4. The van der Waals surface area contributed by atoms with Crippen LogP contribution in [0.2, 0.25) is 0 Å². The van der Waals surface area contributed by atoms with Crippen molar-refractivity contribution in [1.82, 2.24) is 5.32 Å². The molecule has 2 aromatic carbocycles.